The highest BCUT2D eigenvalue weighted by Gasteiger charge is 2.53. The van der Waals surface area contributed by atoms with Crippen molar-refractivity contribution in [2.45, 2.75) is 78.2 Å². The van der Waals surface area contributed by atoms with E-state index in [9.17, 15) is 10.4 Å². The Hall–Kier alpha value is -0.810. The third-order valence-electron chi connectivity index (χ3n) is 7.58. The van der Waals surface area contributed by atoms with E-state index in [1.54, 1.807) is 0 Å². The third kappa shape index (κ3) is 2.76. The van der Waals surface area contributed by atoms with E-state index in [1.807, 2.05) is 13.8 Å². The molecule has 0 aliphatic heterocycles. The summed E-state index contributed by atoms with van der Waals surface area (Å²) in [6.07, 6.45) is 11.9. The van der Waals surface area contributed by atoms with E-state index in [4.69, 9.17) is 0 Å². The van der Waals surface area contributed by atoms with Crippen molar-refractivity contribution in [1.82, 2.24) is 0 Å². The van der Waals surface area contributed by atoms with Gasteiger partial charge in [0.1, 0.15) is 0 Å². The second kappa shape index (κ2) is 6.60. The Morgan fingerprint density at radius 3 is 2.61 bits per heavy atom. The van der Waals surface area contributed by atoms with Crippen LogP contribution in [0.5, 0.6) is 0 Å². The number of aliphatic hydroxyl groups excluding tert-OH is 1. The molecule has 128 valence electrons. The molecule has 0 bridgehead atoms. The van der Waals surface area contributed by atoms with Crippen molar-refractivity contribution in [2.24, 2.45) is 35.0 Å². The molecule has 4 rings (SSSR count). The van der Waals surface area contributed by atoms with Gasteiger partial charge in [-0.3, -0.25) is 0 Å². The van der Waals surface area contributed by atoms with E-state index in [0.717, 1.165) is 54.4 Å². The minimum absolute atomic E-state index is 0.0324. The molecule has 1 N–H and O–H groups in total. The molecule has 7 atom stereocenters. The van der Waals surface area contributed by atoms with Crippen LogP contribution in [0.4, 0.5) is 0 Å². The summed E-state index contributed by atoms with van der Waals surface area (Å²) >= 11 is 0. The van der Waals surface area contributed by atoms with E-state index in [0.29, 0.717) is 0 Å². The molecule has 1 unspecified atom stereocenters. The summed E-state index contributed by atoms with van der Waals surface area (Å²) in [6, 6.07) is 2.49. The van der Waals surface area contributed by atoms with Gasteiger partial charge in [-0.1, -0.05) is 26.8 Å². The van der Waals surface area contributed by atoms with Crippen molar-refractivity contribution < 1.29 is 5.11 Å². The lowest BCUT2D eigenvalue weighted by Crippen LogP contribution is -2.46. The van der Waals surface area contributed by atoms with Gasteiger partial charge in [-0.15, -0.1) is 0 Å². The molecule has 2 nitrogen and oxygen atoms in total. The fraction of sp³-hybridized carbons (Fsp3) is 0.857. The summed E-state index contributed by atoms with van der Waals surface area (Å²) in [7, 11) is 0. The Morgan fingerprint density at radius 2 is 1.87 bits per heavy atom. The largest absolute Gasteiger partial charge is 0.393 e. The molecule has 3 saturated carbocycles. The number of allylic oxidation sites excluding steroid dienone is 2. The first kappa shape index (κ1) is 17.0. The van der Waals surface area contributed by atoms with Crippen LogP contribution in [0.15, 0.2) is 11.6 Å². The molecular weight excluding hydrogens is 282 g/mol. The SMILES string of the molecule is CC.C[C@@]12CC[C@H]3CC4C[C@H](O)CC[C@@H]4C[C@@H]3[C@H]1CC=C2C#N. The fourth-order valence-electron chi connectivity index (χ4n) is 6.40. The van der Waals surface area contributed by atoms with Gasteiger partial charge in [0.05, 0.1) is 12.2 Å². The van der Waals surface area contributed by atoms with Crippen LogP contribution in [0.3, 0.4) is 0 Å². The predicted molar refractivity (Wildman–Crippen MR) is 93.5 cm³/mol. The van der Waals surface area contributed by atoms with Gasteiger partial charge in [0.2, 0.25) is 0 Å². The molecule has 0 aromatic rings. The summed E-state index contributed by atoms with van der Waals surface area (Å²) < 4.78 is 0. The molecule has 0 saturated heterocycles. The maximum absolute atomic E-state index is 9.96. The monoisotopic (exact) mass is 315 g/mol. The van der Waals surface area contributed by atoms with Crippen LogP contribution in [0.2, 0.25) is 0 Å². The minimum Gasteiger partial charge on any atom is -0.393 e. The maximum atomic E-state index is 9.96. The Kier molecular flexibility index (Phi) is 4.88. The summed E-state index contributed by atoms with van der Waals surface area (Å²) in [6.45, 7) is 6.35. The van der Waals surface area contributed by atoms with Crippen molar-refractivity contribution in [1.29, 1.82) is 5.26 Å². The van der Waals surface area contributed by atoms with E-state index in [1.165, 1.54) is 32.1 Å². The van der Waals surface area contributed by atoms with Gasteiger partial charge in [-0.2, -0.15) is 5.26 Å². The number of rotatable bonds is 0. The van der Waals surface area contributed by atoms with Gasteiger partial charge >= 0.3 is 0 Å². The van der Waals surface area contributed by atoms with E-state index < -0.39 is 0 Å². The summed E-state index contributed by atoms with van der Waals surface area (Å²) in [5, 5.41) is 19.4. The van der Waals surface area contributed by atoms with Gasteiger partial charge in [-0.25, -0.2) is 0 Å². The minimum atomic E-state index is -0.0324. The molecule has 0 amide bonds. The molecule has 4 aliphatic carbocycles. The smallest absolute Gasteiger partial charge is 0.0949 e. The Bertz CT molecular complexity index is 504. The Morgan fingerprint density at radius 1 is 1.09 bits per heavy atom. The van der Waals surface area contributed by atoms with Gasteiger partial charge in [0.25, 0.3) is 0 Å². The summed E-state index contributed by atoms with van der Waals surface area (Å²) in [5.41, 5.74) is 1.25. The molecule has 0 heterocycles. The molecule has 0 radical (unpaired) electrons. The third-order valence-corrected chi connectivity index (χ3v) is 7.58. The molecule has 23 heavy (non-hydrogen) atoms. The van der Waals surface area contributed by atoms with Crippen molar-refractivity contribution >= 4 is 0 Å². The van der Waals surface area contributed by atoms with Crippen molar-refractivity contribution in [3.8, 4) is 6.07 Å². The number of nitriles is 1. The van der Waals surface area contributed by atoms with Crippen LogP contribution in [-0.4, -0.2) is 11.2 Å². The molecule has 0 aromatic carbocycles. The number of nitrogens with zero attached hydrogens (tertiary/aromatic N) is 1. The number of hydrogen-bond donors (Lipinski definition) is 1. The van der Waals surface area contributed by atoms with Gasteiger partial charge in [-0.05, 0) is 81.0 Å². The average Bonchev–Trinajstić information content (AvgIpc) is 2.92. The standard InChI is InChI=1S/C19H27NO.C2H6/c1-19-7-6-13-8-14-9-16(21)4-2-12(14)10-17(13)18(19)5-3-15(19)11-20;1-2/h3,12-14,16-18,21H,2,4-10H2,1H3;1-2H3/t12-,13+,14?,16-,17+,18-,19+;/m1./s1. The topological polar surface area (TPSA) is 44.0 Å². The second-order valence-electron chi connectivity index (χ2n) is 8.41. The molecular formula is C21H33NO. The van der Waals surface area contributed by atoms with Crippen LogP contribution >= 0.6 is 0 Å². The summed E-state index contributed by atoms with van der Waals surface area (Å²) in [5.74, 6) is 4.05. The van der Waals surface area contributed by atoms with E-state index >= 15 is 0 Å². The van der Waals surface area contributed by atoms with E-state index in [2.05, 4.69) is 19.1 Å². The van der Waals surface area contributed by atoms with Crippen LogP contribution in [-0.2, 0) is 0 Å². The number of fused-ring (bicyclic) bond motifs is 4. The first-order valence-electron chi connectivity index (χ1n) is 9.90. The lowest BCUT2D eigenvalue weighted by Gasteiger charge is -2.53. The van der Waals surface area contributed by atoms with Crippen LogP contribution in [0, 0.1) is 46.3 Å². The van der Waals surface area contributed by atoms with Crippen molar-refractivity contribution in [3.05, 3.63) is 11.6 Å². The van der Waals surface area contributed by atoms with Gasteiger partial charge < -0.3 is 5.11 Å². The molecule has 2 heteroatoms. The van der Waals surface area contributed by atoms with Crippen LogP contribution in [0.25, 0.3) is 0 Å². The Balaban J connectivity index is 0.000000753. The molecule has 0 aromatic heterocycles. The zero-order chi connectivity index (χ0) is 16.6. The lowest BCUT2D eigenvalue weighted by atomic mass is 9.51. The quantitative estimate of drug-likeness (QED) is 0.677. The van der Waals surface area contributed by atoms with Crippen molar-refractivity contribution in [3.63, 3.8) is 0 Å². The number of aliphatic hydroxyl groups is 1. The highest BCUT2D eigenvalue weighted by atomic mass is 16.3. The zero-order valence-electron chi connectivity index (χ0n) is 15.1. The lowest BCUT2D eigenvalue weighted by molar-refractivity contribution is -0.0451. The fourth-order valence-corrected chi connectivity index (χ4v) is 6.40. The molecule has 0 spiro atoms. The van der Waals surface area contributed by atoms with E-state index in [-0.39, 0.29) is 11.5 Å². The van der Waals surface area contributed by atoms with Gasteiger partial charge in [0, 0.05) is 11.0 Å². The van der Waals surface area contributed by atoms with Crippen LogP contribution < -0.4 is 0 Å². The van der Waals surface area contributed by atoms with Crippen LogP contribution in [0.1, 0.15) is 72.1 Å². The van der Waals surface area contributed by atoms with Gasteiger partial charge in [0.15, 0.2) is 0 Å². The number of hydrogen-bond acceptors (Lipinski definition) is 2. The van der Waals surface area contributed by atoms with Crippen molar-refractivity contribution in [2.75, 3.05) is 0 Å². The first-order valence-corrected chi connectivity index (χ1v) is 9.90. The predicted octanol–water partition coefficient (Wildman–Crippen LogP) is 5.09. The average molecular weight is 316 g/mol. The Labute approximate surface area is 142 Å². The first-order chi connectivity index (χ1) is 11.1. The zero-order valence-corrected chi connectivity index (χ0v) is 15.1. The molecule has 4 aliphatic rings. The highest BCUT2D eigenvalue weighted by molar-refractivity contribution is 5.35. The second-order valence-corrected chi connectivity index (χ2v) is 8.41. The normalized spacial score (nSPS) is 47.9. The summed E-state index contributed by atoms with van der Waals surface area (Å²) in [4.78, 5) is 0. The maximum Gasteiger partial charge on any atom is 0.0949 e. The highest BCUT2D eigenvalue weighted by Crippen LogP contribution is 2.61. The molecule has 3 fully saturated rings.